The number of aromatic nitrogens is 1. The summed E-state index contributed by atoms with van der Waals surface area (Å²) in [7, 11) is -2.97. The van der Waals surface area contributed by atoms with Crippen molar-refractivity contribution in [3.05, 3.63) is 93.2 Å². The molecule has 0 N–H and O–H groups in total. The number of carbonyl (C=O) groups excluding carboxylic acids is 1. The number of aryl methyl sites for hydroxylation is 1. The molecule has 0 aliphatic carbocycles. The van der Waals surface area contributed by atoms with E-state index in [1.165, 1.54) is 34.9 Å². The summed E-state index contributed by atoms with van der Waals surface area (Å²) in [6.45, 7) is 7.53. The van der Waals surface area contributed by atoms with Crippen LogP contribution >= 0.6 is 0 Å². The quantitative estimate of drug-likeness (QED) is 0.386. The first-order valence-electron chi connectivity index (χ1n) is 11.8. The molecule has 0 radical (unpaired) electrons. The van der Waals surface area contributed by atoms with Crippen LogP contribution in [0.15, 0.2) is 59.5 Å². The van der Waals surface area contributed by atoms with Crippen LogP contribution in [0.25, 0.3) is 11.1 Å². The predicted octanol–water partition coefficient (Wildman–Crippen LogP) is 4.62. The van der Waals surface area contributed by atoms with Crippen molar-refractivity contribution in [3.63, 3.8) is 0 Å². The van der Waals surface area contributed by atoms with Gasteiger partial charge < -0.3 is 4.57 Å². The van der Waals surface area contributed by atoms with E-state index in [9.17, 15) is 26.6 Å². The fourth-order valence-corrected chi connectivity index (χ4v) is 5.92. The van der Waals surface area contributed by atoms with E-state index in [4.69, 9.17) is 0 Å². The third-order valence-electron chi connectivity index (χ3n) is 6.03. The van der Waals surface area contributed by atoms with Gasteiger partial charge in [0.25, 0.3) is 5.56 Å². The number of benzene rings is 2. The van der Waals surface area contributed by atoms with Gasteiger partial charge in [0.05, 0.1) is 5.75 Å². The molecule has 1 heterocycles. The molecule has 0 aliphatic heterocycles. The smallest absolute Gasteiger partial charge is 0.250 e. The highest BCUT2D eigenvalue weighted by Crippen LogP contribution is 2.34. The topological polar surface area (TPSA) is 90.3 Å². The van der Waals surface area contributed by atoms with Crippen molar-refractivity contribution >= 4 is 26.4 Å². The fourth-order valence-electron chi connectivity index (χ4n) is 4.01. The van der Waals surface area contributed by atoms with Gasteiger partial charge in [-0.05, 0) is 73.7 Å². The third kappa shape index (κ3) is 7.11. The Balaban J connectivity index is 2.27. The largest absolute Gasteiger partial charge is 0.318 e. The summed E-state index contributed by atoms with van der Waals surface area (Å²) in [6.07, 6.45) is 2.75. The number of hydrogen-bond donors (Lipinski definition) is 0. The maximum Gasteiger partial charge on any atom is 0.250 e. The minimum atomic E-state index is -3.36. The molecule has 0 amide bonds. The standard InChI is InChI=1S/C28H32FNO5S2/c1-18(16-36(33)28(2,3)4)23-14-26(31)30(5)15-25(23)24-13-19(17-37(6,34)35)7-12-22(24)27(32)20-8-10-21(29)11-9-20/h7-15,18H,16-17H2,1-6H3/t18-,36-/m1/s1. The predicted molar refractivity (Wildman–Crippen MR) is 147 cm³/mol. The van der Waals surface area contributed by atoms with E-state index in [0.29, 0.717) is 28.0 Å². The van der Waals surface area contributed by atoms with Gasteiger partial charge in [-0.3, -0.25) is 13.8 Å². The lowest BCUT2D eigenvalue weighted by Gasteiger charge is -2.23. The van der Waals surface area contributed by atoms with Crippen LogP contribution in [-0.4, -0.2) is 39.7 Å². The highest BCUT2D eigenvalue weighted by Gasteiger charge is 2.26. The molecule has 37 heavy (non-hydrogen) atoms. The summed E-state index contributed by atoms with van der Waals surface area (Å²) in [5, 5.41) is 0. The zero-order chi connectivity index (χ0) is 27.7. The van der Waals surface area contributed by atoms with Crippen LogP contribution in [0.1, 0.15) is 60.7 Å². The van der Waals surface area contributed by atoms with Gasteiger partial charge in [0.15, 0.2) is 15.6 Å². The van der Waals surface area contributed by atoms with Crippen molar-refractivity contribution in [1.82, 2.24) is 4.57 Å². The molecule has 3 aromatic rings. The molecule has 3 rings (SSSR count). The number of carbonyl (C=O) groups is 1. The van der Waals surface area contributed by atoms with E-state index in [2.05, 4.69) is 0 Å². The zero-order valence-corrected chi connectivity index (χ0v) is 23.5. The second kappa shape index (κ2) is 10.8. The van der Waals surface area contributed by atoms with Crippen molar-refractivity contribution in [1.29, 1.82) is 0 Å². The van der Waals surface area contributed by atoms with Crippen LogP contribution in [0.2, 0.25) is 0 Å². The van der Waals surface area contributed by atoms with Crippen LogP contribution in [0.5, 0.6) is 0 Å². The van der Waals surface area contributed by atoms with Gasteiger partial charge in [0.2, 0.25) is 0 Å². The highest BCUT2D eigenvalue weighted by molar-refractivity contribution is 7.89. The van der Waals surface area contributed by atoms with Gasteiger partial charge in [0.1, 0.15) is 5.82 Å². The van der Waals surface area contributed by atoms with Gasteiger partial charge in [-0.25, -0.2) is 12.8 Å². The number of rotatable bonds is 8. The lowest BCUT2D eigenvalue weighted by atomic mass is 9.88. The van der Waals surface area contributed by atoms with Crippen LogP contribution in [-0.2, 0) is 33.4 Å². The molecule has 0 spiro atoms. The third-order valence-corrected chi connectivity index (χ3v) is 9.06. The Kier molecular flexibility index (Phi) is 8.39. The maximum absolute atomic E-state index is 13.5. The second-order valence-electron chi connectivity index (χ2n) is 10.4. The van der Waals surface area contributed by atoms with Gasteiger partial charge in [-0.2, -0.15) is 0 Å². The molecule has 0 aliphatic rings. The van der Waals surface area contributed by atoms with E-state index < -0.39 is 31.2 Å². The summed E-state index contributed by atoms with van der Waals surface area (Å²) in [6, 6.07) is 11.5. The summed E-state index contributed by atoms with van der Waals surface area (Å²) in [5.74, 6) is -1.06. The number of pyridine rings is 1. The zero-order valence-electron chi connectivity index (χ0n) is 21.9. The second-order valence-corrected chi connectivity index (χ2v) is 14.8. The van der Waals surface area contributed by atoms with E-state index in [1.54, 1.807) is 31.4 Å². The monoisotopic (exact) mass is 545 g/mol. The summed E-state index contributed by atoms with van der Waals surface area (Å²) in [5.41, 5.74) is 2.42. The highest BCUT2D eigenvalue weighted by atomic mass is 32.2. The summed E-state index contributed by atoms with van der Waals surface area (Å²) >= 11 is 0. The van der Waals surface area contributed by atoms with E-state index in [-0.39, 0.29) is 34.1 Å². The van der Waals surface area contributed by atoms with E-state index >= 15 is 0 Å². The average molecular weight is 546 g/mol. The van der Waals surface area contributed by atoms with Crippen molar-refractivity contribution < 1.29 is 21.8 Å². The number of halogens is 1. The fraction of sp³-hybridized carbons (Fsp3) is 0.357. The van der Waals surface area contributed by atoms with Gasteiger partial charge >= 0.3 is 0 Å². The Hall–Kier alpha value is -2.91. The number of nitrogens with zero attached hydrogens (tertiary/aromatic N) is 1. The Bertz CT molecular complexity index is 1520. The minimum absolute atomic E-state index is 0.226. The molecule has 9 heteroatoms. The first kappa shape index (κ1) is 28.7. The molecule has 6 nitrogen and oxygen atoms in total. The molecular formula is C28H32FNO5S2. The molecule has 0 saturated heterocycles. The Labute approximate surface area is 219 Å². The van der Waals surface area contributed by atoms with E-state index in [0.717, 1.165) is 6.26 Å². The first-order valence-corrected chi connectivity index (χ1v) is 15.1. The number of sulfone groups is 1. The number of ketones is 1. The molecule has 0 saturated carbocycles. The number of hydrogen-bond acceptors (Lipinski definition) is 5. The molecule has 0 fully saturated rings. The van der Waals surface area contributed by atoms with Crippen LogP contribution in [0, 0.1) is 5.82 Å². The van der Waals surface area contributed by atoms with Crippen LogP contribution in [0.3, 0.4) is 0 Å². The lowest BCUT2D eigenvalue weighted by Crippen LogP contribution is -2.27. The summed E-state index contributed by atoms with van der Waals surface area (Å²) < 4.78 is 51.4. The Morgan fingerprint density at radius 2 is 1.68 bits per heavy atom. The molecule has 0 bridgehead atoms. The summed E-state index contributed by atoms with van der Waals surface area (Å²) in [4.78, 5) is 26.2. The van der Waals surface area contributed by atoms with Crippen molar-refractivity contribution in [2.75, 3.05) is 12.0 Å². The first-order chi connectivity index (χ1) is 17.1. The SMILES string of the molecule is C[C@H](C[S@@](=O)C(C)(C)C)c1cc(=O)n(C)cc1-c1cc(CS(C)(=O)=O)ccc1C(=O)c1ccc(F)cc1. The Morgan fingerprint density at radius 1 is 1.05 bits per heavy atom. The molecule has 2 atom stereocenters. The normalized spacial score (nSPS) is 13.8. The van der Waals surface area contributed by atoms with E-state index in [1.807, 2.05) is 27.7 Å². The molecule has 0 unspecified atom stereocenters. The van der Waals surface area contributed by atoms with Gasteiger partial charge in [-0.15, -0.1) is 0 Å². The minimum Gasteiger partial charge on any atom is -0.318 e. The Morgan fingerprint density at radius 3 is 2.24 bits per heavy atom. The van der Waals surface area contributed by atoms with Crippen LogP contribution < -0.4 is 5.56 Å². The van der Waals surface area contributed by atoms with Gasteiger partial charge in [0, 0.05) is 63.6 Å². The van der Waals surface area contributed by atoms with Gasteiger partial charge in [-0.1, -0.05) is 19.1 Å². The maximum atomic E-state index is 13.5. The van der Waals surface area contributed by atoms with Crippen molar-refractivity contribution in [2.45, 2.75) is 44.1 Å². The molecule has 2 aromatic carbocycles. The lowest BCUT2D eigenvalue weighted by molar-refractivity contribution is 0.103. The van der Waals surface area contributed by atoms with Crippen LogP contribution in [0.4, 0.5) is 4.39 Å². The molecule has 1 aromatic heterocycles. The van der Waals surface area contributed by atoms with Crippen molar-refractivity contribution in [3.8, 4) is 11.1 Å². The molecule has 198 valence electrons. The van der Waals surface area contributed by atoms with Crippen molar-refractivity contribution in [2.24, 2.45) is 7.05 Å². The molecular weight excluding hydrogens is 513 g/mol. The average Bonchev–Trinajstić information content (AvgIpc) is 2.78.